The summed E-state index contributed by atoms with van der Waals surface area (Å²) in [6, 6.07) is -0.0110. The van der Waals surface area contributed by atoms with Crippen LogP contribution in [0.4, 0.5) is 0 Å². The topological polar surface area (TPSA) is 78.4 Å². The second kappa shape index (κ2) is 8.58. The number of amides is 2. The zero-order valence-electron chi connectivity index (χ0n) is 15.8. The quantitative estimate of drug-likeness (QED) is 0.848. The normalized spacial score (nSPS) is 21.8. The highest BCUT2D eigenvalue weighted by atomic mass is 16.2. The Bertz CT molecular complexity index is 625. The summed E-state index contributed by atoms with van der Waals surface area (Å²) in [5.74, 6) is 0.801. The van der Waals surface area contributed by atoms with E-state index in [1.807, 2.05) is 18.1 Å². The van der Waals surface area contributed by atoms with E-state index < -0.39 is 0 Å². The minimum Gasteiger partial charge on any atom is -0.349 e. The summed E-state index contributed by atoms with van der Waals surface area (Å²) in [6.45, 7) is 4.72. The zero-order valence-corrected chi connectivity index (χ0v) is 15.8. The molecule has 2 amide bonds. The van der Waals surface area contributed by atoms with Crippen molar-refractivity contribution in [2.45, 2.75) is 51.6 Å². The van der Waals surface area contributed by atoms with Gasteiger partial charge in [-0.2, -0.15) is 0 Å². The highest BCUT2D eigenvalue weighted by Crippen LogP contribution is 2.20. The lowest BCUT2D eigenvalue weighted by Crippen LogP contribution is -2.41. The van der Waals surface area contributed by atoms with Crippen LogP contribution in [-0.4, -0.2) is 64.3 Å². The summed E-state index contributed by atoms with van der Waals surface area (Å²) in [7, 11) is 1.99. The highest BCUT2D eigenvalue weighted by molar-refractivity contribution is 5.81. The third kappa shape index (κ3) is 4.78. The molecule has 1 atom stereocenters. The first kappa shape index (κ1) is 18.8. The molecule has 1 N–H and O–H groups in total. The van der Waals surface area contributed by atoms with Gasteiger partial charge in [-0.15, -0.1) is 0 Å². The number of hydrogen-bond acceptors (Lipinski definition) is 5. The molecule has 142 valence electrons. The number of carbonyl (C=O) groups excluding carboxylic acids is 2. The Kier molecular flexibility index (Phi) is 6.19. The first-order chi connectivity index (χ1) is 12.5. The van der Waals surface area contributed by atoms with E-state index in [2.05, 4.69) is 20.2 Å². The average molecular weight is 359 g/mol. The molecule has 0 aromatic carbocycles. The molecule has 3 heterocycles. The van der Waals surface area contributed by atoms with Gasteiger partial charge in [0.15, 0.2) is 0 Å². The summed E-state index contributed by atoms with van der Waals surface area (Å²) >= 11 is 0. The molecule has 7 heteroatoms. The fraction of sp³-hybridized carbons (Fsp3) is 0.684. The van der Waals surface area contributed by atoms with Crippen LogP contribution >= 0.6 is 0 Å². The number of rotatable bonds is 5. The number of likely N-dealkylation sites (tertiary alicyclic amines) is 2. The second-order valence-corrected chi connectivity index (χ2v) is 7.51. The summed E-state index contributed by atoms with van der Waals surface area (Å²) in [5.41, 5.74) is 1.77. The van der Waals surface area contributed by atoms with Crippen molar-refractivity contribution in [1.82, 2.24) is 25.1 Å². The smallest absolute Gasteiger partial charge is 0.237 e. The minimum atomic E-state index is -0.0110. The molecule has 0 radical (unpaired) electrons. The van der Waals surface area contributed by atoms with E-state index in [1.165, 1.54) is 0 Å². The first-order valence-electron chi connectivity index (χ1n) is 9.56. The molecule has 3 rings (SSSR count). The summed E-state index contributed by atoms with van der Waals surface area (Å²) in [6.07, 6.45) is 8.53. The van der Waals surface area contributed by atoms with Gasteiger partial charge < -0.3 is 10.2 Å². The van der Waals surface area contributed by atoms with Crippen molar-refractivity contribution < 1.29 is 9.59 Å². The number of nitrogens with zero attached hydrogens (tertiary/aromatic N) is 4. The molecule has 2 fully saturated rings. The van der Waals surface area contributed by atoms with Crippen LogP contribution < -0.4 is 5.32 Å². The van der Waals surface area contributed by atoms with Gasteiger partial charge in [0.1, 0.15) is 0 Å². The van der Waals surface area contributed by atoms with Crippen LogP contribution in [0.2, 0.25) is 0 Å². The summed E-state index contributed by atoms with van der Waals surface area (Å²) in [5, 5.41) is 2.97. The van der Waals surface area contributed by atoms with Crippen LogP contribution in [-0.2, 0) is 22.6 Å². The van der Waals surface area contributed by atoms with Crippen LogP contribution in [0.25, 0.3) is 0 Å². The van der Waals surface area contributed by atoms with E-state index in [4.69, 9.17) is 0 Å². The maximum Gasteiger partial charge on any atom is 0.237 e. The van der Waals surface area contributed by atoms with Gasteiger partial charge in [-0.25, -0.2) is 0 Å². The van der Waals surface area contributed by atoms with Gasteiger partial charge in [-0.3, -0.25) is 24.5 Å². The van der Waals surface area contributed by atoms with Crippen LogP contribution in [0.1, 0.15) is 44.0 Å². The van der Waals surface area contributed by atoms with E-state index in [0.717, 1.165) is 63.1 Å². The standard InChI is InChI=1S/C19H29N5O2/c1-14(25)24-8-5-15(6-9-24)10-16-11-21-17(12-20-16)13-22-19(26)18-4-3-7-23(18)2/h11-12,15,18H,3-10,13H2,1-2H3,(H,22,26)/t18-/m0/s1. The predicted octanol–water partition coefficient (Wildman–Crippen LogP) is 0.988. The molecule has 1 aromatic rings. The van der Waals surface area contributed by atoms with Crippen molar-refractivity contribution in [2.24, 2.45) is 5.92 Å². The van der Waals surface area contributed by atoms with E-state index in [1.54, 1.807) is 13.1 Å². The van der Waals surface area contributed by atoms with Gasteiger partial charge in [0.25, 0.3) is 0 Å². The van der Waals surface area contributed by atoms with Crippen LogP contribution in [0.5, 0.6) is 0 Å². The Morgan fingerprint density at radius 1 is 1.12 bits per heavy atom. The molecule has 0 unspecified atom stereocenters. The number of carbonyl (C=O) groups is 2. The van der Waals surface area contributed by atoms with Crippen molar-refractivity contribution in [3.8, 4) is 0 Å². The van der Waals surface area contributed by atoms with Gasteiger partial charge in [0.05, 0.1) is 30.2 Å². The van der Waals surface area contributed by atoms with Gasteiger partial charge in [0, 0.05) is 26.2 Å². The molecule has 2 aliphatic heterocycles. The second-order valence-electron chi connectivity index (χ2n) is 7.51. The number of hydrogen-bond donors (Lipinski definition) is 1. The Labute approximate surface area is 155 Å². The fourth-order valence-electron chi connectivity index (χ4n) is 3.86. The van der Waals surface area contributed by atoms with Crippen molar-refractivity contribution >= 4 is 11.8 Å². The fourth-order valence-corrected chi connectivity index (χ4v) is 3.86. The Morgan fingerprint density at radius 2 is 1.81 bits per heavy atom. The monoisotopic (exact) mass is 359 g/mol. The van der Waals surface area contributed by atoms with Gasteiger partial charge in [-0.1, -0.05) is 0 Å². The minimum absolute atomic E-state index is 0.0110. The summed E-state index contributed by atoms with van der Waals surface area (Å²) < 4.78 is 0. The molecule has 7 nitrogen and oxygen atoms in total. The van der Waals surface area contributed by atoms with Crippen LogP contribution in [0.15, 0.2) is 12.4 Å². The maximum absolute atomic E-state index is 12.2. The Hall–Kier alpha value is -2.02. The van der Waals surface area contributed by atoms with Crippen molar-refractivity contribution in [3.05, 3.63) is 23.8 Å². The first-order valence-corrected chi connectivity index (χ1v) is 9.56. The van der Waals surface area contributed by atoms with Crippen molar-refractivity contribution in [2.75, 3.05) is 26.7 Å². The van der Waals surface area contributed by atoms with Crippen LogP contribution in [0.3, 0.4) is 0 Å². The third-order valence-electron chi connectivity index (χ3n) is 5.58. The summed E-state index contributed by atoms with van der Waals surface area (Å²) in [4.78, 5) is 36.6. The van der Waals surface area contributed by atoms with E-state index in [0.29, 0.717) is 12.5 Å². The molecule has 0 bridgehead atoms. The third-order valence-corrected chi connectivity index (χ3v) is 5.58. The van der Waals surface area contributed by atoms with E-state index in [-0.39, 0.29) is 17.9 Å². The van der Waals surface area contributed by atoms with Gasteiger partial charge >= 0.3 is 0 Å². The molecule has 0 aliphatic carbocycles. The number of likely N-dealkylation sites (N-methyl/N-ethyl adjacent to an activating group) is 1. The molecule has 1 aromatic heterocycles. The lowest BCUT2D eigenvalue weighted by molar-refractivity contribution is -0.130. The number of nitrogens with one attached hydrogen (secondary N) is 1. The van der Waals surface area contributed by atoms with Crippen molar-refractivity contribution in [3.63, 3.8) is 0 Å². The van der Waals surface area contributed by atoms with Gasteiger partial charge in [0.2, 0.25) is 11.8 Å². The average Bonchev–Trinajstić information content (AvgIpc) is 3.07. The molecule has 0 saturated carbocycles. The highest BCUT2D eigenvalue weighted by Gasteiger charge is 2.27. The number of piperidine rings is 1. The maximum atomic E-state index is 12.2. The molecular weight excluding hydrogens is 330 g/mol. The SMILES string of the molecule is CC(=O)N1CCC(Cc2cnc(CNC(=O)[C@@H]3CCCN3C)cn2)CC1. The largest absolute Gasteiger partial charge is 0.349 e. The molecule has 26 heavy (non-hydrogen) atoms. The lowest BCUT2D eigenvalue weighted by atomic mass is 9.92. The molecule has 2 aliphatic rings. The molecule has 0 spiro atoms. The molecule has 2 saturated heterocycles. The predicted molar refractivity (Wildman–Crippen MR) is 98.2 cm³/mol. The molecular formula is C19H29N5O2. The lowest BCUT2D eigenvalue weighted by Gasteiger charge is -2.31. The van der Waals surface area contributed by atoms with Gasteiger partial charge in [-0.05, 0) is 51.6 Å². The van der Waals surface area contributed by atoms with E-state index >= 15 is 0 Å². The Balaban J connectivity index is 1.43. The van der Waals surface area contributed by atoms with E-state index in [9.17, 15) is 9.59 Å². The van der Waals surface area contributed by atoms with Crippen molar-refractivity contribution in [1.29, 1.82) is 0 Å². The zero-order chi connectivity index (χ0) is 18.5. The van der Waals surface area contributed by atoms with Crippen LogP contribution in [0, 0.1) is 5.92 Å². The Morgan fingerprint density at radius 3 is 2.38 bits per heavy atom. The number of aromatic nitrogens is 2.